The zero-order valence-electron chi connectivity index (χ0n) is 11.1. The molecule has 0 aliphatic heterocycles. The zero-order valence-corrected chi connectivity index (χ0v) is 13.4. The zero-order chi connectivity index (χ0) is 14.4. The molecule has 0 unspecified atom stereocenters. The van der Waals surface area contributed by atoms with E-state index in [2.05, 4.69) is 13.8 Å². The van der Waals surface area contributed by atoms with Crippen LogP contribution < -0.4 is 0 Å². The van der Waals surface area contributed by atoms with Crippen LogP contribution in [0.4, 0.5) is 0 Å². The summed E-state index contributed by atoms with van der Waals surface area (Å²) in [7, 11) is 0. The van der Waals surface area contributed by atoms with E-state index in [0.29, 0.717) is 28.0 Å². The standard InChI is InChI=1S/C14H18Cl3NO/c1-3-11(4-2)18(8-7-15)14(19)10-5-6-12(16)13(17)9-10/h5-6,9,11H,3-4,7-8H2,1-2H3. The van der Waals surface area contributed by atoms with Crippen LogP contribution in [0.1, 0.15) is 37.0 Å². The molecule has 0 aliphatic rings. The van der Waals surface area contributed by atoms with E-state index in [0.717, 1.165) is 12.8 Å². The van der Waals surface area contributed by atoms with Crippen molar-refractivity contribution in [3.63, 3.8) is 0 Å². The number of benzene rings is 1. The van der Waals surface area contributed by atoms with Gasteiger partial charge >= 0.3 is 0 Å². The number of carbonyl (C=O) groups excluding carboxylic acids is 1. The molecule has 106 valence electrons. The molecule has 1 amide bonds. The lowest BCUT2D eigenvalue weighted by atomic mass is 10.1. The summed E-state index contributed by atoms with van der Waals surface area (Å²) in [6.45, 7) is 4.67. The van der Waals surface area contributed by atoms with Crippen molar-refractivity contribution in [3.8, 4) is 0 Å². The van der Waals surface area contributed by atoms with Crippen molar-refractivity contribution in [2.45, 2.75) is 32.7 Å². The van der Waals surface area contributed by atoms with Gasteiger partial charge in [-0.25, -0.2) is 0 Å². The molecule has 0 atom stereocenters. The Hall–Kier alpha value is -0.440. The minimum Gasteiger partial charge on any atom is -0.334 e. The predicted molar refractivity (Wildman–Crippen MR) is 82.6 cm³/mol. The molecule has 0 spiro atoms. The first-order valence-electron chi connectivity index (χ1n) is 6.37. The molecule has 0 fully saturated rings. The molecule has 1 aromatic rings. The first-order chi connectivity index (χ1) is 9.04. The van der Waals surface area contributed by atoms with Crippen LogP contribution in [0.3, 0.4) is 0 Å². The molecule has 0 saturated carbocycles. The molecular weight excluding hydrogens is 305 g/mol. The molecular formula is C14H18Cl3NO. The summed E-state index contributed by atoms with van der Waals surface area (Å²) in [5, 5.41) is 0.840. The first kappa shape index (κ1) is 16.6. The lowest BCUT2D eigenvalue weighted by Crippen LogP contribution is -2.41. The van der Waals surface area contributed by atoms with E-state index >= 15 is 0 Å². The second kappa shape index (κ2) is 7.98. The molecule has 0 saturated heterocycles. The number of carbonyl (C=O) groups is 1. The summed E-state index contributed by atoms with van der Waals surface area (Å²) in [6, 6.07) is 5.14. The van der Waals surface area contributed by atoms with E-state index < -0.39 is 0 Å². The van der Waals surface area contributed by atoms with Crippen molar-refractivity contribution in [2.24, 2.45) is 0 Å². The van der Waals surface area contributed by atoms with Crippen molar-refractivity contribution in [1.29, 1.82) is 0 Å². The topological polar surface area (TPSA) is 20.3 Å². The average molecular weight is 323 g/mol. The molecule has 5 heteroatoms. The van der Waals surface area contributed by atoms with E-state index in [1.807, 2.05) is 4.90 Å². The third-order valence-corrected chi connectivity index (χ3v) is 4.04. The van der Waals surface area contributed by atoms with Gasteiger partial charge in [0.2, 0.25) is 0 Å². The highest BCUT2D eigenvalue weighted by Gasteiger charge is 2.22. The molecule has 19 heavy (non-hydrogen) atoms. The number of rotatable bonds is 6. The first-order valence-corrected chi connectivity index (χ1v) is 7.66. The number of nitrogens with zero attached hydrogens (tertiary/aromatic N) is 1. The number of halogens is 3. The Balaban J connectivity index is 3.01. The predicted octanol–water partition coefficient (Wildman–Crippen LogP) is 4.86. The van der Waals surface area contributed by atoms with Crippen LogP contribution in [-0.2, 0) is 0 Å². The Labute approximate surface area is 129 Å². The highest BCUT2D eigenvalue weighted by Crippen LogP contribution is 2.24. The van der Waals surface area contributed by atoms with Gasteiger partial charge in [0.05, 0.1) is 10.0 Å². The largest absolute Gasteiger partial charge is 0.334 e. The normalized spacial score (nSPS) is 10.8. The van der Waals surface area contributed by atoms with Gasteiger partial charge in [0, 0.05) is 24.0 Å². The molecule has 0 aliphatic carbocycles. The van der Waals surface area contributed by atoms with Crippen LogP contribution in [0.25, 0.3) is 0 Å². The van der Waals surface area contributed by atoms with E-state index in [-0.39, 0.29) is 11.9 Å². The molecule has 0 bridgehead atoms. The Kier molecular flexibility index (Phi) is 6.98. The fraction of sp³-hybridized carbons (Fsp3) is 0.500. The average Bonchev–Trinajstić information content (AvgIpc) is 2.41. The van der Waals surface area contributed by atoms with Crippen LogP contribution in [0.15, 0.2) is 18.2 Å². The second-order valence-corrected chi connectivity index (χ2v) is 5.48. The monoisotopic (exact) mass is 321 g/mol. The van der Waals surface area contributed by atoms with Crippen LogP contribution in [-0.4, -0.2) is 29.3 Å². The van der Waals surface area contributed by atoms with Crippen molar-refractivity contribution in [1.82, 2.24) is 4.90 Å². The summed E-state index contributed by atoms with van der Waals surface area (Å²) in [5.41, 5.74) is 0.548. The lowest BCUT2D eigenvalue weighted by Gasteiger charge is -2.30. The van der Waals surface area contributed by atoms with Crippen molar-refractivity contribution >= 4 is 40.7 Å². The van der Waals surface area contributed by atoms with Gasteiger partial charge < -0.3 is 4.90 Å². The number of amides is 1. The van der Waals surface area contributed by atoms with Gasteiger partial charge in [-0.15, -0.1) is 11.6 Å². The van der Waals surface area contributed by atoms with Gasteiger partial charge in [-0.05, 0) is 31.0 Å². The molecule has 0 aromatic heterocycles. The number of alkyl halides is 1. The van der Waals surface area contributed by atoms with E-state index in [1.165, 1.54) is 0 Å². The number of hydrogen-bond acceptors (Lipinski definition) is 1. The van der Waals surface area contributed by atoms with Crippen LogP contribution >= 0.6 is 34.8 Å². The third-order valence-electron chi connectivity index (χ3n) is 3.14. The van der Waals surface area contributed by atoms with Crippen molar-refractivity contribution in [3.05, 3.63) is 33.8 Å². The third kappa shape index (κ3) is 4.27. The van der Waals surface area contributed by atoms with Crippen molar-refractivity contribution in [2.75, 3.05) is 12.4 Å². The summed E-state index contributed by atoms with van der Waals surface area (Å²) in [6.07, 6.45) is 1.81. The van der Waals surface area contributed by atoms with Crippen LogP contribution in [0.2, 0.25) is 10.0 Å². The second-order valence-electron chi connectivity index (χ2n) is 4.29. The molecule has 0 radical (unpaired) electrons. The minimum atomic E-state index is -0.0482. The van der Waals surface area contributed by atoms with Gasteiger partial charge in [0.25, 0.3) is 5.91 Å². The summed E-state index contributed by atoms with van der Waals surface area (Å²) in [4.78, 5) is 14.3. The highest BCUT2D eigenvalue weighted by atomic mass is 35.5. The van der Waals surface area contributed by atoms with Gasteiger partial charge in [-0.1, -0.05) is 37.0 Å². The van der Waals surface area contributed by atoms with Gasteiger partial charge in [-0.3, -0.25) is 4.79 Å². The maximum Gasteiger partial charge on any atom is 0.254 e. The fourth-order valence-corrected chi connectivity index (χ4v) is 2.55. The maximum absolute atomic E-state index is 12.5. The smallest absolute Gasteiger partial charge is 0.254 e. The van der Waals surface area contributed by atoms with Crippen LogP contribution in [0.5, 0.6) is 0 Å². The van der Waals surface area contributed by atoms with Crippen molar-refractivity contribution < 1.29 is 4.79 Å². The lowest BCUT2D eigenvalue weighted by molar-refractivity contribution is 0.0681. The van der Waals surface area contributed by atoms with E-state index in [9.17, 15) is 4.79 Å². The summed E-state index contributed by atoms with van der Waals surface area (Å²) >= 11 is 17.6. The Morgan fingerprint density at radius 1 is 1.21 bits per heavy atom. The summed E-state index contributed by atoms with van der Waals surface area (Å²) in [5.74, 6) is 0.372. The Bertz CT molecular complexity index is 433. The number of hydrogen-bond donors (Lipinski definition) is 0. The highest BCUT2D eigenvalue weighted by molar-refractivity contribution is 6.42. The minimum absolute atomic E-state index is 0.0482. The SMILES string of the molecule is CCC(CC)N(CCCl)C(=O)c1ccc(Cl)c(Cl)c1. The van der Waals surface area contributed by atoms with Crippen LogP contribution in [0, 0.1) is 0 Å². The van der Waals surface area contributed by atoms with Gasteiger partial charge in [0.15, 0.2) is 0 Å². The maximum atomic E-state index is 12.5. The molecule has 2 nitrogen and oxygen atoms in total. The van der Waals surface area contributed by atoms with Gasteiger partial charge in [0.1, 0.15) is 0 Å². The molecule has 0 heterocycles. The quantitative estimate of drug-likeness (QED) is 0.685. The van der Waals surface area contributed by atoms with Gasteiger partial charge in [-0.2, -0.15) is 0 Å². The molecule has 0 N–H and O–H groups in total. The van der Waals surface area contributed by atoms with E-state index in [4.69, 9.17) is 34.8 Å². The molecule has 1 aromatic carbocycles. The fourth-order valence-electron chi connectivity index (χ4n) is 2.07. The molecule has 1 rings (SSSR count). The Morgan fingerprint density at radius 3 is 2.32 bits per heavy atom. The summed E-state index contributed by atoms with van der Waals surface area (Å²) < 4.78 is 0. The van der Waals surface area contributed by atoms with E-state index in [1.54, 1.807) is 18.2 Å². The Morgan fingerprint density at radius 2 is 1.84 bits per heavy atom.